The molecule has 3 aromatic carbocycles. The summed E-state index contributed by atoms with van der Waals surface area (Å²) in [6, 6.07) is 13.8. The molecule has 1 unspecified atom stereocenters. The van der Waals surface area contributed by atoms with E-state index in [1.54, 1.807) is 12.1 Å². The molecule has 0 saturated carbocycles. The fraction of sp³-hybridized carbons (Fsp3) is 0.226. The number of benzene rings is 3. The third-order valence-electron chi connectivity index (χ3n) is 7.62. The molecule has 0 spiro atoms. The van der Waals surface area contributed by atoms with Crippen molar-refractivity contribution in [1.82, 2.24) is 15.1 Å². The third-order valence-corrected chi connectivity index (χ3v) is 7.62. The summed E-state index contributed by atoms with van der Waals surface area (Å²) < 4.78 is 34.8. The average molecular weight is 573 g/mol. The number of furan rings is 1. The second-order valence-corrected chi connectivity index (χ2v) is 10.7. The molecule has 3 N–H and O–H groups in total. The lowest BCUT2D eigenvalue weighted by atomic mass is 10.0. The van der Waals surface area contributed by atoms with Gasteiger partial charge < -0.3 is 15.1 Å². The van der Waals surface area contributed by atoms with Crippen LogP contribution in [0.15, 0.2) is 59.0 Å². The first-order valence-corrected chi connectivity index (χ1v) is 13.3. The molecular weight excluding hydrogens is 546 g/mol. The highest BCUT2D eigenvalue weighted by molar-refractivity contribution is 6.06. The van der Waals surface area contributed by atoms with Crippen LogP contribution in [-0.2, 0) is 29.2 Å². The molecule has 9 nitrogen and oxygen atoms in total. The molecule has 214 valence electrons. The van der Waals surface area contributed by atoms with E-state index in [9.17, 15) is 23.6 Å². The Morgan fingerprint density at radius 3 is 2.50 bits per heavy atom. The van der Waals surface area contributed by atoms with Gasteiger partial charge in [0.1, 0.15) is 29.0 Å². The molecule has 2 aliphatic heterocycles. The molecule has 0 aliphatic carbocycles. The maximum atomic E-state index is 15.1. The zero-order chi connectivity index (χ0) is 29.7. The van der Waals surface area contributed by atoms with Crippen molar-refractivity contribution in [1.29, 1.82) is 0 Å². The van der Waals surface area contributed by atoms with Gasteiger partial charge in [-0.2, -0.15) is 0 Å². The predicted octanol–water partition coefficient (Wildman–Crippen LogP) is 3.87. The van der Waals surface area contributed by atoms with Gasteiger partial charge in [0.05, 0.1) is 11.1 Å². The number of rotatable bonds is 7. The molecule has 1 atom stereocenters. The summed E-state index contributed by atoms with van der Waals surface area (Å²) in [7, 11) is 1.89. The van der Waals surface area contributed by atoms with E-state index in [0.717, 1.165) is 17.2 Å². The van der Waals surface area contributed by atoms with Crippen LogP contribution in [0, 0.1) is 11.6 Å². The number of carbonyl (C=O) groups excluding carboxylic acids is 4. The van der Waals surface area contributed by atoms with Crippen molar-refractivity contribution >= 4 is 34.6 Å². The summed E-state index contributed by atoms with van der Waals surface area (Å²) in [5.74, 6) is -2.99. The van der Waals surface area contributed by atoms with Crippen LogP contribution < -0.4 is 11.1 Å². The number of nitrogens with two attached hydrogens (primary N) is 1. The molecule has 1 aromatic heterocycles. The van der Waals surface area contributed by atoms with Crippen molar-refractivity contribution in [2.45, 2.75) is 38.5 Å². The number of halogens is 2. The summed E-state index contributed by atoms with van der Waals surface area (Å²) in [6.45, 7) is 1.05. The molecule has 0 bridgehead atoms. The summed E-state index contributed by atoms with van der Waals surface area (Å²) in [5, 5.41) is 2.68. The standard InChI is InChI=1S/C31H26F2N4O5/c1-36(13-16-2-4-18(5-3-16)25-11-19-10-21(32)12-22(29(34)39)28(19)42-25)14-17-8-20-15-37(31(41)27(20)23(33)9-17)24-6-7-26(38)35-30(24)40/h2-5,8-12,24H,6-7,13-15H2,1H3,(H2,34,39)(H,35,38,40). The van der Waals surface area contributed by atoms with Gasteiger partial charge in [0.15, 0.2) is 0 Å². The van der Waals surface area contributed by atoms with E-state index >= 15 is 4.39 Å². The minimum absolute atomic E-state index is 0.0227. The summed E-state index contributed by atoms with van der Waals surface area (Å²) in [5.41, 5.74) is 8.46. The molecule has 3 heterocycles. The number of hydrogen-bond donors (Lipinski definition) is 2. The van der Waals surface area contributed by atoms with Crippen LogP contribution in [0.5, 0.6) is 0 Å². The second-order valence-electron chi connectivity index (χ2n) is 10.7. The van der Waals surface area contributed by atoms with Gasteiger partial charge >= 0.3 is 0 Å². The van der Waals surface area contributed by atoms with Gasteiger partial charge in [0.2, 0.25) is 11.8 Å². The minimum Gasteiger partial charge on any atom is -0.455 e. The normalized spacial score (nSPS) is 16.8. The number of primary amides is 1. The first-order valence-electron chi connectivity index (χ1n) is 13.3. The van der Waals surface area contributed by atoms with E-state index in [2.05, 4.69) is 5.32 Å². The number of hydrogen-bond acceptors (Lipinski definition) is 6. The molecule has 1 fully saturated rings. The number of imide groups is 1. The molecule has 42 heavy (non-hydrogen) atoms. The van der Waals surface area contributed by atoms with Crippen LogP contribution in [0.2, 0.25) is 0 Å². The van der Waals surface area contributed by atoms with Crippen molar-refractivity contribution in [3.05, 3.63) is 94.0 Å². The summed E-state index contributed by atoms with van der Waals surface area (Å²) in [6.07, 6.45) is 0.341. The van der Waals surface area contributed by atoms with E-state index in [4.69, 9.17) is 10.2 Å². The van der Waals surface area contributed by atoms with Crippen molar-refractivity contribution < 1.29 is 32.4 Å². The van der Waals surface area contributed by atoms with Crippen molar-refractivity contribution in [2.24, 2.45) is 5.73 Å². The van der Waals surface area contributed by atoms with Crippen LogP contribution in [-0.4, -0.2) is 46.5 Å². The van der Waals surface area contributed by atoms with Crippen LogP contribution >= 0.6 is 0 Å². The predicted molar refractivity (Wildman–Crippen MR) is 148 cm³/mol. The highest BCUT2D eigenvalue weighted by Gasteiger charge is 2.40. The van der Waals surface area contributed by atoms with E-state index < -0.39 is 35.4 Å². The number of piperidine rings is 1. The lowest BCUT2D eigenvalue weighted by Crippen LogP contribution is -2.52. The number of fused-ring (bicyclic) bond motifs is 2. The Morgan fingerprint density at radius 2 is 1.79 bits per heavy atom. The van der Waals surface area contributed by atoms with Crippen LogP contribution in [0.3, 0.4) is 0 Å². The lowest BCUT2D eigenvalue weighted by Gasteiger charge is -2.29. The first kappa shape index (κ1) is 27.3. The van der Waals surface area contributed by atoms with E-state index in [1.807, 2.05) is 36.2 Å². The van der Waals surface area contributed by atoms with Crippen molar-refractivity contribution in [3.63, 3.8) is 0 Å². The highest BCUT2D eigenvalue weighted by Crippen LogP contribution is 2.32. The number of nitrogens with one attached hydrogen (secondary N) is 1. The zero-order valence-corrected chi connectivity index (χ0v) is 22.6. The minimum atomic E-state index is -0.804. The largest absolute Gasteiger partial charge is 0.455 e. The quantitative estimate of drug-likeness (QED) is 0.324. The Kier molecular flexibility index (Phi) is 6.82. The van der Waals surface area contributed by atoms with E-state index in [-0.39, 0.29) is 42.0 Å². The van der Waals surface area contributed by atoms with Crippen LogP contribution in [0.4, 0.5) is 8.78 Å². The smallest absolute Gasteiger partial charge is 0.258 e. The Bertz CT molecular complexity index is 1780. The van der Waals surface area contributed by atoms with Crippen LogP contribution in [0.25, 0.3) is 22.3 Å². The molecule has 1 saturated heterocycles. The lowest BCUT2D eigenvalue weighted by molar-refractivity contribution is -0.136. The fourth-order valence-corrected chi connectivity index (χ4v) is 5.71. The molecule has 11 heteroatoms. The van der Waals surface area contributed by atoms with Gasteiger partial charge in [-0.1, -0.05) is 30.3 Å². The van der Waals surface area contributed by atoms with Gasteiger partial charge in [-0.25, -0.2) is 8.78 Å². The summed E-state index contributed by atoms with van der Waals surface area (Å²) in [4.78, 5) is 51.7. The summed E-state index contributed by atoms with van der Waals surface area (Å²) >= 11 is 0. The maximum absolute atomic E-state index is 15.1. The Morgan fingerprint density at radius 1 is 1.05 bits per heavy atom. The molecule has 4 aromatic rings. The topological polar surface area (TPSA) is 126 Å². The van der Waals surface area contributed by atoms with Crippen molar-refractivity contribution in [3.8, 4) is 11.3 Å². The monoisotopic (exact) mass is 572 g/mol. The Balaban J connectivity index is 1.14. The Hall–Kier alpha value is -4.90. The molecule has 2 aliphatic rings. The number of nitrogens with zero attached hydrogens (tertiary/aromatic N) is 2. The SMILES string of the molecule is CN(Cc1ccc(-c2cc3cc(F)cc(C(N)=O)c3o2)cc1)Cc1cc(F)c2c(c1)CN(C1CCC(=O)NC1=O)C2=O. The Labute approximate surface area is 238 Å². The maximum Gasteiger partial charge on any atom is 0.258 e. The second kappa shape index (κ2) is 10.5. The molecule has 4 amide bonds. The zero-order valence-electron chi connectivity index (χ0n) is 22.6. The van der Waals surface area contributed by atoms with Gasteiger partial charge in [0.25, 0.3) is 11.8 Å². The van der Waals surface area contributed by atoms with Gasteiger partial charge in [0, 0.05) is 37.0 Å². The van der Waals surface area contributed by atoms with Gasteiger partial charge in [-0.15, -0.1) is 0 Å². The fourth-order valence-electron chi connectivity index (χ4n) is 5.71. The van der Waals surface area contributed by atoms with E-state index in [0.29, 0.717) is 35.4 Å². The third kappa shape index (κ3) is 5.03. The van der Waals surface area contributed by atoms with Crippen molar-refractivity contribution in [2.75, 3.05) is 7.05 Å². The molecule has 0 radical (unpaired) electrons. The van der Waals surface area contributed by atoms with Crippen LogP contribution in [0.1, 0.15) is 50.2 Å². The first-order chi connectivity index (χ1) is 20.1. The average Bonchev–Trinajstić information content (AvgIpc) is 3.49. The number of amides is 4. The van der Waals surface area contributed by atoms with Gasteiger partial charge in [-0.05, 0) is 54.4 Å². The highest BCUT2D eigenvalue weighted by atomic mass is 19.1. The van der Waals surface area contributed by atoms with E-state index in [1.165, 1.54) is 17.0 Å². The van der Waals surface area contributed by atoms with Gasteiger partial charge in [-0.3, -0.25) is 29.4 Å². The molecule has 6 rings (SSSR count). The molecular formula is C31H26F2N4O5. The number of carbonyl (C=O) groups is 4.